The summed E-state index contributed by atoms with van der Waals surface area (Å²) in [6.07, 6.45) is 7.09. The van der Waals surface area contributed by atoms with Gasteiger partial charge in [0.1, 0.15) is 0 Å². The monoisotopic (exact) mass is 264 g/mol. The third kappa shape index (κ3) is 4.05. The minimum Gasteiger partial charge on any atom is -0.317 e. The summed E-state index contributed by atoms with van der Waals surface area (Å²) in [5, 5.41) is 8.17. The Morgan fingerprint density at radius 3 is 3.11 bits per heavy atom. The summed E-state index contributed by atoms with van der Waals surface area (Å²) in [6, 6.07) is 3.36. The fourth-order valence-electron chi connectivity index (χ4n) is 2.72. The average molecular weight is 264 g/mol. The molecule has 0 spiro atoms. The van der Waals surface area contributed by atoms with Crippen molar-refractivity contribution in [2.45, 2.75) is 58.2 Å². The summed E-state index contributed by atoms with van der Waals surface area (Å²) in [4.78, 5) is 2.47. The molecule has 19 heavy (non-hydrogen) atoms. The maximum atomic E-state index is 4.70. The van der Waals surface area contributed by atoms with Crippen molar-refractivity contribution < 1.29 is 0 Å². The largest absolute Gasteiger partial charge is 0.317 e. The standard InChI is InChI=1S/C15H28N4/c1-4-13(2)19-11-8-14(17-19)12-18(3)15-6-5-9-16-10-7-15/h8,11,13,15-16H,4-7,9-10,12H2,1-3H3. The van der Waals surface area contributed by atoms with Crippen LogP contribution >= 0.6 is 0 Å². The van der Waals surface area contributed by atoms with Crippen LogP contribution in [0.4, 0.5) is 0 Å². The van der Waals surface area contributed by atoms with Crippen LogP contribution in [0.25, 0.3) is 0 Å². The van der Waals surface area contributed by atoms with Crippen LogP contribution in [0.5, 0.6) is 0 Å². The highest BCUT2D eigenvalue weighted by Gasteiger charge is 2.17. The summed E-state index contributed by atoms with van der Waals surface area (Å²) >= 11 is 0. The van der Waals surface area contributed by atoms with Gasteiger partial charge in [0, 0.05) is 24.8 Å². The van der Waals surface area contributed by atoms with Crippen molar-refractivity contribution >= 4 is 0 Å². The molecule has 2 unspecified atom stereocenters. The van der Waals surface area contributed by atoms with Crippen molar-refractivity contribution in [3.05, 3.63) is 18.0 Å². The first-order chi connectivity index (χ1) is 9.20. The summed E-state index contributed by atoms with van der Waals surface area (Å²) in [7, 11) is 2.23. The second kappa shape index (κ2) is 7.06. The lowest BCUT2D eigenvalue weighted by atomic mass is 10.1. The first-order valence-electron chi connectivity index (χ1n) is 7.65. The Kier molecular flexibility index (Phi) is 5.40. The molecule has 1 N–H and O–H groups in total. The summed E-state index contributed by atoms with van der Waals surface area (Å²) in [5.74, 6) is 0. The molecular formula is C15H28N4. The highest BCUT2D eigenvalue weighted by atomic mass is 15.3. The van der Waals surface area contributed by atoms with Crippen molar-refractivity contribution in [3.63, 3.8) is 0 Å². The van der Waals surface area contributed by atoms with E-state index in [1.807, 2.05) is 0 Å². The Morgan fingerprint density at radius 2 is 2.32 bits per heavy atom. The van der Waals surface area contributed by atoms with Crippen LogP contribution < -0.4 is 5.32 Å². The van der Waals surface area contributed by atoms with E-state index in [2.05, 4.69) is 48.1 Å². The third-order valence-electron chi connectivity index (χ3n) is 4.29. The summed E-state index contributed by atoms with van der Waals surface area (Å²) in [5.41, 5.74) is 1.19. The molecule has 0 radical (unpaired) electrons. The minimum absolute atomic E-state index is 0.501. The molecule has 0 saturated carbocycles. The number of aromatic nitrogens is 2. The average Bonchev–Trinajstić information content (AvgIpc) is 2.71. The van der Waals surface area contributed by atoms with Gasteiger partial charge < -0.3 is 5.32 Å². The van der Waals surface area contributed by atoms with E-state index >= 15 is 0 Å². The van der Waals surface area contributed by atoms with E-state index in [1.54, 1.807) is 0 Å². The van der Waals surface area contributed by atoms with Crippen LogP contribution in [-0.2, 0) is 6.54 Å². The Hall–Kier alpha value is -0.870. The van der Waals surface area contributed by atoms with E-state index < -0.39 is 0 Å². The highest BCUT2D eigenvalue weighted by molar-refractivity contribution is 5.00. The lowest BCUT2D eigenvalue weighted by molar-refractivity contribution is 0.213. The molecule has 1 aliphatic heterocycles. The van der Waals surface area contributed by atoms with Crippen molar-refractivity contribution in [1.29, 1.82) is 0 Å². The third-order valence-corrected chi connectivity index (χ3v) is 4.29. The van der Waals surface area contributed by atoms with Crippen molar-refractivity contribution in [3.8, 4) is 0 Å². The molecule has 0 aliphatic carbocycles. The fourth-order valence-corrected chi connectivity index (χ4v) is 2.72. The first kappa shape index (κ1) is 14.5. The predicted molar refractivity (Wildman–Crippen MR) is 79.2 cm³/mol. The van der Waals surface area contributed by atoms with Crippen LogP contribution in [0, 0.1) is 0 Å². The van der Waals surface area contributed by atoms with Crippen LogP contribution in [-0.4, -0.2) is 40.9 Å². The lowest BCUT2D eigenvalue weighted by Crippen LogP contribution is -2.32. The Balaban J connectivity index is 1.90. The molecule has 4 nitrogen and oxygen atoms in total. The molecule has 0 bridgehead atoms. The second-order valence-corrected chi connectivity index (χ2v) is 5.79. The molecular weight excluding hydrogens is 236 g/mol. The van der Waals surface area contributed by atoms with Gasteiger partial charge in [-0.05, 0) is 58.8 Å². The number of nitrogens with zero attached hydrogens (tertiary/aromatic N) is 3. The lowest BCUT2D eigenvalue weighted by Gasteiger charge is -2.26. The van der Waals surface area contributed by atoms with Crippen molar-refractivity contribution in [1.82, 2.24) is 20.0 Å². The number of hydrogen-bond donors (Lipinski definition) is 1. The molecule has 108 valence electrons. The molecule has 2 rings (SSSR count). The van der Waals surface area contributed by atoms with Gasteiger partial charge >= 0.3 is 0 Å². The first-order valence-corrected chi connectivity index (χ1v) is 7.65. The van der Waals surface area contributed by atoms with Gasteiger partial charge in [-0.15, -0.1) is 0 Å². The van der Waals surface area contributed by atoms with Crippen molar-refractivity contribution in [2.24, 2.45) is 0 Å². The summed E-state index contributed by atoms with van der Waals surface area (Å²) in [6.45, 7) is 7.71. The van der Waals surface area contributed by atoms with Gasteiger partial charge in [0.25, 0.3) is 0 Å². The number of rotatable bonds is 5. The Bertz CT molecular complexity index is 366. The zero-order valence-electron chi connectivity index (χ0n) is 12.6. The van der Waals surface area contributed by atoms with Gasteiger partial charge in [0.15, 0.2) is 0 Å². The molecule has 1 fully saturated rings. The fraction of sp³-hybridized carbons (Fsp3) is 0.800. The van der Waals surface area contributed by atoms with E-state index in [4.69, 9.17) is 5.10 Å². The van der Waals surface area contributed by atoms with Gasteiger partial charge in [0.05, 0.1) is 5.69 Å². The van der Waals surface area contributed by atoms with E-state index in [1.165, 1.54) is 31.5 Å². The zero-order chi connectivity index (χ0) is 13.7. The van der Waals surface area contributed by atoms with E-state index in [-0.39, 0.29) is 0 Å². The zero-order valence-corrected chi connectivity index (χ0v) is 12.6. The van der Waals surface area contributed by atoms with Crippen LogP contribution in [0.1, 0.15) is 51.3 Å². The highest BCUT2D eigenvalue weighted by Crippen LogP contribution is 2.15. The Labute approximate surface area is 117 Å². The summed E-state index contributed by atoms with van der Waals surface area (Å²) < 4.78 is 2.10. The van der Waals surface area contributed by atoms with Crippen LogP contribution in [0.3, 0.4) is 0 Å². The van der Waals surface area contributed by atoms with Crippen LogP contribution in [0.2, 0.25) is 0 Å². The van der Waals surface area contributed by atoms with E-state index in [0.717, 1.165) is 19.5 Å². The predicted octanol–water partition coefficient (Wildman–Crippen LogP) is 2.43. The van der Waals surface area contributed by atoms with Crippen molar-refractivity contribution in [2.75, 3.05) is 20.1 Å². The number of hydrogen-bond acceptors (Lipinski definition) is 3. The molecule has 1 aromatic heterocycles. The van der Waals surface area contributed by atoms with Gasteiger partial charge in [-0.3, -0.25) is 9.58 Å². The topological polar surface area (TPSA) is 33.1 Å². The maximum absolute atomic E-state index is 4.70. The molecule has 2 heterocycles. The smallest absolute Gasteiger partial charge is 0.0764 e. The molecule has 1 aromatic rings. The SMILES string of the molecule is CCC(C)n1ccc(CN(C)C2CCCNCC2)n1. The molecule has 4 heteroatoms. The second-order valence-electron chi connectivity index (χ2n) is 5.79. The van der Waals surface area contributed by atoms with Gasteiger partial charge in [-0.25, -0.2) is 0 Å². The van der Waals surface area contributed by atoms with Crippen LogP contribution in [0.15, 0.2) is 12.3 Å². The molecule has 0 amide bonds. The van der Waals surface area contributed by atoms with E-state index in [0.29, 0.717) is 12.1 Å². The van der Waals surface area contributed by atoms with E-state index in [9.17, 15) is 0 Å². The Morgan fingerprint density at radius 1 is 1.47 bits per heavy atom. The minimum atomic E-state index is 0.501. The molecule has 1 saturated heterocycles. The molecule has 1 aliphatic rings. The number of nitrogens with one attached hydrogen (secondary N) is 1. The quantitative estimate of drug-likeness (QED) is 0.886. The maximum Gasteiger partial charge on any atom is 0.0764 e. The van der Waals surface area contributed by atoms with Gasteiger partial charge in [0.2, 0.25) is 0 Å². The molecule has 0 aromatic carbocycles. The van der Waals surface area contributed by atoms with Gasteiger partial charge in [-0.1, -0.05) is 6.92 Å². The molecule has 2 atom stereocenters. The van der Waals surface area contributed by atoms with Gasteiger partial charge in [-0.2, -0.15) is 5.10 Å². The normalized spacial score (nSPS) is 22.4.